The van der Waals surface area contributed by atoms with Gasteiger partial charge in [0.05, 0.1) is 7.11 Å². The van der Waals surface area contributed by atoms with Crippen molar-refractivity contribution < 1.29 is 4.74 Å². The highest BCUT2D eigenvalue weighted by Gasteiger charge is 2.23. The number of nitrogens with two attached hydrogens (primary N) is 1. The van der Waals surface area contributed by atoms with Crippen molar-refractivity contribution in [3.05, 3.63) is 29.8 Å². The molecule has 0 bridgehead atoms. The second-order valence-electron chi connectivity index (χ2n) is 5.04. The molecule has 1 aromatic rings. The molecule has 2 heteroatoms. The molecule has 0 heterocycles. The molecular weight excluding hydrogens is 210 g/mol. The number of ether oxygens (including phenoxy) is 1. The standard InChI is InChI=1S/C15H23NO/c1-17-15-5-3-2-4-14(15)13-8-6-12(7-9-13)10-11-16/h2-5,12-13H,6-11,16H2,1H3. The Labute approximate surface area is 104 Å². The van der Waals surface area contributed by atoms with Crippen LogP contribution in [0.5, 0.6) is 5.75 Å². The molecule has 1 fully saturated rings. The van der Waals surface area contributed by atoms with Crippen molar-refractivity contribution in [2.24, 2.45) is 11.7 Å². The van der Waals surface area contributed by atoms with Gasteiger partial charge >= 0.3 is 0 Å². The van der Waals surface area contributed by atoms with Crippen LogP contribution >= 0.6 is 0 Å². The van der Waals surface area contributed by atoms with Crippen molar-refractivity contribution in [3.63, 3.8) is 0 Å². The van der Waals surface area contributed by atoms with Crippen LogP contribution in [0.15, 0.2) is 24.3 Å². The minimum atomic E-state index is 0.681. The topological polar surface area (TPSA) is 35.2 Å². The SMILES string of the molecule is COc1ccccc1C1CCC(CCN)CC1. The van der Waals surface area contributed by atoms with E-state index < -0.39 is 0 Å². The third kappa shape index (κ3) is 3.01. The zero-order chi connectivity index (χ0) is 12.1. The lowest BCUT2D eigenvalue weighted by Gasteiger charge is -2.29. The van der Waals surface area contributed by atoms with Crippen molar-refractivity contribution in [3.8, 4) is 5.75 Å². The molecule has 2 N–H and O–H groups in total. The lowest BCUT2D eigenvalue weighted by Crippen LogP contribution is -2.16. The zero-order valence-electron chi connectivity index (χ0n) is 10.7. The Hall–Kier alpha value is -1.02. The molecule has 1 aliphatic rings. The van der Waals surface area contributed by atoms with Crippen molar-refractivity contribution >= 4 is 0 Å². The van der Waals surface area contributed by atoms with Crippen molar-refractivity contribution in [2.45, 2.75) is 38.0 Å². The number of hydrogen-bond donors (Lipinski definition) is 1. The van der Waals surface area contributed by atoms with E-state index in [0.717, 1.165) is 18.2 Å². The number of rotatable bonds is 4. The third-order valence-electron chi connectivity index (χ3n) is 4.00. The summed E-state index contributed by atoms with van der Waals surface area (Å²) < 4.78 is 5.45. The van der Waals surface area contributed by atoms with Crippen LogP contribution in [-0.4, -0.2) is 13.7 Å². The van der Waals surface area contributed by atoms with Gasteiger partial charge in [0, 0.05) is 0 Å². The van der Waals surface area contributed by atoms with Gasteiger partial charge in [-0.1, -0.05) is 18.2 Å². The normalized spacial score (nSPS) is 24.6. The van der Waals surface area contributed by atoms with Gasteiger partial charge in [-0.2, -0.15) is 0 Å². The van der Waals surface area contributed by atoms with Crippen LogP contribution in [0.3, 0.4) is 0 Å². The van der Waals surface area contributed by atoms with Crippen LogP contribution < -0.4 is 10.5 Å². The van der Waals surface area contributed by atoms with E-state index in [9.17, 15) is 0 Å². The summed E-state index contributed by atoms with van der Waals surface area (Å²) in [6.45, 7) is 0.837. The quantitative estimate of drug-likeness (QED) is 0.866. The lowest BCUT2D eigenvalue weighted by atomic mass is 9.77. The molecule has 2 rings (SSSR count). The Kier molecular flexibility index (Phi) is 4.43. The summed E-state index contributed by atoms with van der Waals surface area (Å²) in [4.78, 5) is 0. The van der Waals surface area contributed by atoms with Crippen LogP contribution in [-0.2, 0) is 0 Å². The van der Waals surface area contributed by atoms with Gasteiger partial charge in [-0.15, -0.1) is 0 Å². The molecule has 0 unspecified atom stereocenters. The molecule has 17 heavy (non-hydrogen) atoms. The fourth-order valence-electron chi connectivity index (χ4n) is 3.00. The van der Waals surface area contributed by atoms with Gasteiger partial charge in [0.1, 0.15) is 5.75 Å². The second-order valence-corrected chi connectivity index (χ2v) is 5.04. The average Bonchev–Trinajstić information content (AvgIpc) is 2.40. The number of para-hydroxylation sites is 1. The number of hydrogen-bond acceptors (Lipinski definition) is 2. The second kappa shape index (κ2) is 6.06. The van der Waals surface area contributed by atoms with E-state index in [1.807, 2.05) is 6.07 Å². The zero-order valence-corrected chi connectivity index (χ0v) is 10.7. The predicted molar refractivity (Wildman–Crippen MR) is 71.4 cm³/mol. The smallest absolute Gasteiger partial charge is 0.122 e. The largest absolute Gasteiger partial charge is 0.496 e. The van der Waals surface area contributed by atoms with Crippen molar-refractivity contribution in [1.29, 1.82) is 0 Å². The van der Waals surface area contributed by atoms with Gasteiger partial charge < -0.3 is 10.5 Å². The molecule has 0 saturated heterocycles. The third-order valence-corrected chi connectivity index (χ3v) is 4.00. The Morgan fingerprint density at radius 3 is 2.53 bits per heavy atom. The number of benzene rings is 1. The van der Waals surface area contributed by atoms with E-state index >= 15 is 0 Å². The van der Waals surface area contributed by atoms with Gasteiger partial charge in [0.25, 0.3) is 0 Å². The van der Waals surface area contributed by atoms with E-state index in [1.54, 1.807) is 7.11 Å². The summed E-state index contributed by atoms with van der Waals surface area (Å²) in [6.07, 6.45) is 6.40. The molecule has 1 saturated carbocycles. The highest BCUT2D eigenvalue weighted by molar-refractivity contribution is 5.36. The lowest BCUT2D eigenvalue weighted by molar-refractivity contribution is 0.307. The van der Waals surface area contributed by atoms with Gasteiger partial charge in [0.2, 0.25) is 0 Å². The Morgan fingerprint density at radius 1 is 1.18 bits per heavy atom. The van der Waals surface area contributed by atoms with E-state index in [4.69, 9.17) is 10.5 Å². The molecule has 0 aliphatic heterocycles. The van der Waals surface area contributed by atoms with E-state index in [0.29, 0.717) is 5.92 Å². The van der Waals surface area contributed by atoms with Crippen molar-refractivity contribution in [1.82, 2.24) is 0 Å². The molecule has 0 atom stereocenters. The number of methoxy groups -OCH3 is 1. The first kappa shape index (κ1) is 12.4. The van der Waals surface area contributed by atoms with Gasteiger partial charge in [-0.25, -0.2) is 0 Å². The van der Waals surface area contributed by atoms with Gasteiger partial charge in [-0.3, -0.25) is 0 Å². The first-order valence-electron chi connectivity index (χ1n) is 6.68. The summed E-state index contributed by atoms with van der Waals surface area (Å²) in [5.74, 6) is 2.58. The minimum Gasteiger partial charge on any atom is -0.496 e. The molecule has 0 radical (unpaired) electrons. The molecule has 94 valence electrons. The van der Waals surface area contributed by atoms with E-state index in [-0.39, 0.29) is 0 Å². The summed E-state index contributed by atoms with van der Waals surface area (Å²) in [7, 11) is 1.76. The minimum absolute atomic E-state index is 0.681. The van der Waals surface area contributed by atoms with E-state index in [2.05, 4.69) is 18.2 Å². The molecule has 0 amide bonds. The molecule has 0 aromatic heterocycles. The average molecular weight is 233 g/mol. The maximum Gasteiger partial charge on any atom is 0.122 e. The summed E-state index contributed by atoms with van der Waals surface area (Å²) >= 11 is 0. The van der Waals surface area contributed by atoms with Gasteiger partial charge in [0.15, 0.2) is 0 Å². The Balaban J connectivity index is 2.00. The molecule has 1 aromatic carbocycles. The molecular formula is C15H23NO. The first-order valence-corrected chi connectivity index (χ1v) is 6.68. The van der Waals surface area contributed by atoms with Crippen LogP contribution in [0.1, 0.15) is 43.6 Å². The summed E-state index contributed by atoms with van der Waals surface area (Å²) in [5.41, 5.74) is 7.02. The fraction of sp³-hybridized carbons (Fsp3) is 0.600. The maximum absolute atomic E-state index is 5.63. The molecule has 0 spiro atoms. The van der Waals surface area contributed by atoms with Crippen LogP contribution in [0, 0.1) is 5.92 Å². The Bertz CT molecular complexity index is 343. The summed E-state index contributed by atoms with van der Waals surface area (Å²) in [6, 6.07) is 8.44. The van der Waals surface area contributed by atoms with Gasteiger partial charge in [-0.05, 0) is 62.1 Å². The molecule has 1 aliphatic carbocycles. The fourth-order valence-corrected chi connectivity index (χ4v) is 3.00. The monoisotopic (exact) mass is 233 g/mol. The van der Waals surface area contributed by atoms with Crippen LogP contribution in [0.4, 0.5) is 0 Å². The maximum atomic E-state index is 5.63. The predicted octanol–water partition coefficient (Wildman–Crippen LogP) is 3.32. The van der Waals surface area contributed by atoms with Crippen LogP contribution in [0.25, 0.3) is 0 Å². The highest BCUT2D eigenvalue weighted by Crippen LogP contribution is 2.40. The highest BCUT2D eigenvalue weighted by atomic mass is 16.5. The van der Waals surface area contributed by atoms with E-state index in [1.165, 1.54) is 37.7 Å². The first-order chi connectivity index (χ1) is 8.35. The summed E-state index contributed by atoms with van der Waals surface area (Å²) in [5, 5.41) is 0. The van der Waals surface area contributed by atoms with Crippen molar-refractivity contribution in [2.75, 3.05) is 13.7 Å². The van der Waals surface area contributed by atoms with Crippen LogP contribution in [0.2, 0.25) is 0 Å². The Morgan fingerprint density at radius 2 is 1.88 bits per heavy atom. The molecule has 2 nitrogen and oxygen atoms in total.